The summed E-state index contributed by atoms with van der Waals surface area (Å²) in [6.07, 6.45) is 0.102. The van der Waals surface area contributed by atoms with Crippen molar-refractivity contribution in [2.45, 2.75) is 32.4 Å². The molecule has 1 aliphatic rings. The van der Waals surface area contributed by atoms with Crippen LogP contribution in [0.2, 0.25) is 0 Å². The number of carbonyl (C=O) groups is 3. The highest BCUT2D eigenvalue weighted by molar-refractivity contribution is 6.02. The molecule has 1 aliphatic heterocycles. The Hall–Kier alpha value is -2.84. The zero-order chi connectivity index (χ0) is 18.0. The SMILES string of the molecule is O=C(CCN1C(=O)CCC1=O)OCc1nc2ccccc2n1C(F)F. The van der Waals surface area contributed by atoms with Crippen LogP contribution in [0.3, 0.4) is 0 Å². The highest BCUT2D eigenvalue weighted by Crippen LogP contribution is 2.23. The fourth-order valence-corrected chi connectivity index (χ4v) is 2.71. The minimum atomic E-state index is -2.82. The summed E-state index contributed by atoms with van der Waals surface area (Å²) in [6.45, 7) is -3.30. The Kier molecular flexibility index (Phi) is 4.73. The molecule has 0 spiro atoms. The summed E-state index contributed by atoms with van der Waals surface area (Å²) >= 11 is 0. The van der Waals surface area contributed by atoms with E-state index in [-0.39, 0.29) is 49.0 Å². The van der Waals surface area contributed by atoms with Crippen LogP contribution in [0.1, 0.15) is 31.6 Å². The number of ether oxygens (including phenoxy) is 1. The number of benzene rings is 1. The molecular weight excluding hydrogens is 336 g/mol. The van der Waals surface area contributed by atoms with Gasteiger partial charge in [-0.3, -0.25) is 23.9 Å². The summed E-state index contributed by atoms with van der Waals surface area (Å²) in [6, 6.07) is 6.38. The highest BCUT2D eigenvalue weighted by atomic mass is 19.3. The van der Waals surface area contributed by atoms with E-state index in [1.165, 1.54) is 6.07 Å². The Morgan fingerprint density at radius 2 is 1.88 bits per heavy atom. The number of para-hydroxylation sites is 2. The monoisotopic (exact) mass is 351 g/mol. The molecule has 7 nitrogen and oxygen atoms in total. The van der Waals surface area contributed by atoms with Gasteiger partial charge in [-0.05, 0) is 12.1 Å². The normalized spacial score (nSPS) is 14.8. The smallest absolute Gasteiger partial charge is 0.320 e. The van der Waals surface area contributed by atoms with Crippen molar-refractivity contribution >= 4 is 28.8 Å². The number of carbonyl (C=O) groups excluding carboxylic acids is 3. The van der Waals surface area contributed by atoms with E-state index in [1.807, 2.05) is 0 Å². The fraction of sp³-hybridized carbons (Fsp3) is 0.375. The van der Waals surface area contributed by atoms with E-state index in [0.29, 0.717) is 10.1 Å². The number of amides is 2. The van der Waals surface area contributed by atoms with Crippen molar-refractivity contribution in [3.63, 3.8) is 0 Å². The quantitative estimate of drug-likeness (QED) is 0.587. The van der Waals surface area contributed by atoms with Crippen molar-refractivity contribution in [2.75, 3.05) is 6.54 Å². The molecule has 0 unspecified atom stereocenters. The van der Waals surface area contributed by atoms with E-state index in [2.05, 4.69) is 4.98 Å². The number of imide groups is 1. The summed E-state index contributed by atoms with van der Waals surface area (Å²) < 4.78 is 32.2. The number of hydrogen-bond acceptors (Lipinski definition) is 5. The van der Waals surface area contributed by atoms with Crippen molar-refractivity contribution < 1.29 is 27.9 Å². The van der Waals surface area contributed by atoms with Crippen molar-refractivity contribution in [3.8, 4) is 0 Å². The van der Waals surface area contributed by atoms with Gasteiger partial charge >= 0.3 is 12.5 Å². The lowest BCUT2D eigenvalue weighted by atomic mass is 10.3. The maximum absolute atomic E-state index is 13.3. The van der Waals surface area contributed by atoms with Crippen LogP contribution in [0.4, 0.5) is 8.78 Å². The van der Waals surface area contributed by atoms with Gasteiger partial charge in [0.2, 0.25) is 11.8 Å². The lowest BCUT2D eigenvalue weighted by molar-refractivity contribution is -0.146. The summed E-state index contributed by atoms with van der Waals surface area (Å²) in [4.78, 5) is 39.8. The number of hydrogen-bond donors (Lipinski definition) is 0. The molecule has 1 fully saturated rings. The first kappa shape index (κ1) is 17.0. The minimum absolute atomic E-state index is 0.0677. The molecule has 2 aromatic rings. The molecule has 1 saturated heterocycles. The molecule has 0 atom stereocenters. The maximum Gasteiger partial charge on any atom is 0.320 e. The van der Waals surface area contributed by atoms with Crippen LogP contribution in [0.5, 0.6) is 0 Å². The second kappa shape index (κ2) is 6.96. The molecule has 2 amide bonds. The Labute approximate surface area is 141 Å². The van der Waals surface area contributed by atoms with E-state index in [1.54, 1.807) is 18.2 Å². The number of halogens is 2. The topological polar surface area (TPSA) is 81.5 Å². The first-order valence-electron chi connectivity index (χ1n) is 7.70. The van der Waals surface area contributed by atoms with Crippen molar-refractivity contribution in [1.29, 1.82) is 0 Å². The molecule has 0 radical (unpaired) electrons. The van der Waals surface area contributed by atoms with Gasteiger partial charge in [0.25, 0.3) is 0 Å². The first-order valence-corrected chi connectivity index (χ1v) is 7.70. The van der Waals surface area contributed by atoms with Gasteiger partial charge in [-0.25, -0.2) is 4.98 Å². The van der Waals surface area contributed by atoms with Gasteiger partial charge in [0, 0.05) is 19.4 Å². The number of imidazole rings is 1. The van der Waals surface area contributed by atoms with Crippen molar-refractivity contribution in [2.24, 2.45) is 0 Å². The second-order valence-electron chi connectivity index (χ2n) is 5.51. The van der Waals surface area contributed by atoms with Gasteiger partial charge in [0.15, 0.2) is 5.82 Å². The maximum atomic E-state index is 13.3. The number of nitrogens with zero attached hydrogens (tertiary/aromatic N) is 3. The highest BCUT2D eigenvalue weighted by Gasteiger charge is 2.29. The molecule has 1 aromatic heterocycles. The van der Waals surface area contributed by atoms with Crippen LogP contribution >= 0.6 is 0 Å². The molecule has 132 valence electrons. The van der Waals surface area contributed by atoms with E-state index < -0.39 is 19.1 Å². The molecule has 25 heavy (non-hydrogen) atoms. The molecule has 0 saturated carbocycles. The number of aromatic nitrogens is 2. The van der Waals surface area contributed by atoms with Crippen molar-refractivity contribution in [1.82, 2.24) is 14.5 Å². The van der Waals surface area contributed by atoms with E-state index in [4.69, 9.17) is 4.74 Å². The molecule has 0 N–H and O–H groups in total. The Bertz CT molecular complexity index is 818. The van der Waals surface area contributed by atoms with Crippen LogP contribution in [0.15, 0.2) is 24.3 Å². The number of alkyl halides is 2. The first-order chi connectivity index (χ1) is 12.0. The van der Waals surface area contributed by atoms with Gasteiger partial charge < -0.3 is 4.74 Å². The number of likely N-dealkylation sites (tertiary alicyclic amines) is 1. The largest absolute Gasteiger partial charge is 0.457 e. The van der Waals surface area contributed by atoms with Crippen LogP contribution in [-0.2, 0) is 25.7 Å². The zero-order valence-corrected chi connectivity index (χ0v) is 13.2. The van der Waals surface area contributed by atoms with E-state index >= 15 is 0 Å². The summed E-state index contributed by atoms with van der Waals surface area (Å²) in [7, 11) is 0. The molecular formula is C16H15F2N3O4. The third-order valence-electron chi connectivity index (χ3n) is 3.92. The number of esters is 1. The molecule has 2 heterocycles. The van der Waals surface area contributed by atoms with Gasteiger partial charge in [0.05, 0.1) is 17.5 Å². The van der Waals surface area contributed by atoms with Gasteiger partial charge in [-0.2, -0.15) is 8.78 Å². The molecule has 0 bridgehead atoms. The number of rotatable bonds is 6. The van der Waals surface area contributed by atoms with Crippen LogP contribution in [0.25, 0.3) is 11.0 Å². The predicted molar refractivity (Wildman–Crippen MR) is 81.4 cm³/mol. The standard InChI is InChI=1S/C16H15F2N3O4/c17-16(18)21-11-4-2-1-3-10(11)19-12(21)9-25-15(24)7-8-20-13(22)5-6-14(20)23/h1-4,16H,5-9H2. The third kappa shape index (κ3) is 3.49. The Morgan fingerprint density at radius 3 is 2.56 bits per heavy atom. The van der Waals surface area contributed by atoms with Gasteiger partial charge in [0.1, 0.15) is 6.61 Å². The Balaban J connectivity index is 1.62. The molecule has 9 heteroatoms. The Morgan fingerprint density at radius 1 is 1.20 bits per heavy atom. The summed E-state index contributed by atoms with van der Waals surface area (Å²) in [5.74, 6) is -1.41. The molecule has 1 aromatic carbocycles. The van der Waals surface area contributed by atoms with Crippen LogP contribution in [0, 0.1) is 0 Å². The van der Waals surface area contributed by atoms with Gasteiger partial charge in [-0.15, -0.1) is 0 Å². The lowest BCUT2D eigenvalue weighted by Crippen LogP contribution is -2.31. The molecule has 0 aliphatic carbocycles. The van der Waals surface area contributed by atoms with Gasteiger partial charge in [-0.1, -0.05) is 12.1 Å². The average Bonchev–Trinajstić information content (AvgIpc) is 3.11. The average molecular weight is 351 g/mol. The van der Waals surface area contributed by atoms with Crippen molar-refractivity contribution in [3.05, 3.63) is 30.1 Å². The molecule has 3 rings (SSSR count). The predicted octanol–water partition coefficient (Wildman–Crippen LogP) is 2.01. The fourth-order valence-electron chi connectivity index (χ4n) is 2.71. The zero-order valence-electron chi connectivity index (χ0n) is 13.2. The van der Waals surface area contributed by atoms with E-state index in [9.17, 15) is 23.2 Å². The van der Waals surface area contributed by atoms with Crippen LogP contribution in [-0.4, -0.2) is 38.8 Å². The summed E-state index contributed by atoms with van der Waals surface area (Å²) in [5, 5.41) is 0. The minimum Gasteiger partial charge on any atom is -0.457 e. The third-order valence-corrected chi connectivity index (χ3v) is 3.92. The second-order valence-corrected chi connectivity index (χ2v) is 5.51. The number of fused-ring (bicyclic) bond motifs is 1. The lowest BCUT2D eigenvalue weighted by Gasteiger charge is -2.13. The van der Waals surface area contributed by atoms with Crippen LogP contribution < -0.4 is 0 Å². The summed E-state index contributed by atoms with van der Waals surface area (Å²) in [5.41, 5.74) is 0.624. The van der Waals surface area contributed by atoms with E-state index in [0.717, 1.165) is 4.90 Å².